The molecule has 2 heteroatoms. The van der Waals surface area contributed by atoms with Crippen molar-refractivity contribution in [1.29, 1.82) is 0 Å². The van der Waals surface area contributed by atoms with E-state index in [1.807, 2.05) is 0 Å². The summed E-state index contributed by atoms with van der Waals surface area (Å²) >= 11 is 3.70. The van der Waals surface area contributed by atoms with E-state index in [9.17, 15) is 0 Å². The van der Waals surface area contributed by atoms with Gasteiger partial charge < -0.3 is 5.73 Å². The summed E-state index contributed by atoms with van der Waals surface area (Å²) in [5.41, 5.74) is 9.57. The molecule has 0 aromatic heterocycles. The SMILES string of the molecule is CC1(C)CCc2c(cc(Br)c3ccccc23)C(N)C1. The average Bonchev–Trinajstić information content (AvgIpc) is 2.47. The van der Waals surface area contributed by atoms with Crippen molar-refractivity contribution >= 4 is 26.7 Å². The van der Waals surface area contributed by atoms with Crippen LogP contribution in [-0.2, 0) is 6.42 Å². The number of fused-ring (bicyclic) bond motifs is 3. The molecule has 0 heterocycles. The van der Waals surface area contributed by atoms with Crippen molar-refractivity contribution in [3.63, 3.8) is 0 Å². The first-order chi connectivity index (χ1) is 8.98. The smallest absolute Gasteiger partial charge is 0.0303 e. The number of rotatable bonds is 0. The fourth-order valence-corrected chi connectivity index (χ4v) is 3.88. The van der Waals surface area contributed by atoms with Crippen LogP contribution in [-0.4, -0.2) is 0 Å². The zero-order valence-electron chi connectivity index (χ0n) is 11.5. The lowest BCUT2D eigenvalue weighted by Gasteiger charge is -2.24. The predicted molar refractivity (Wildman–Crippen MR) is 85.3 cm³/mol. The number of hydrogen-bond acceptors (Lipinski definition) is 1. The third-order valence-electron chi connectivity index (χ3n) is 4.36. The van der Waals surface area contributed by atoms with Crippen LogP contribution in [0.3, 0.4) is 0 Å². The molecule has 2 N–H and O–H groups in total. The van der Waals surface area contributed by atoms with Crippen LogP contribution in [0.15, 0.2) is 34.8 Å². The third kappa shape index (κ3) is 2.32. The Morgan fingerprint density at radius 3 is 2.63 bits per heavy atom. The molecule has 1 atom stereocenters. The second kappa shape index (κ2) is 4.60. The normalized spacial score (nSPS) is 22.0. The third-order valence-corrected chi connectivity index (χ3v) is 5.02. The Morgan fingerprint density at radius 1 is 1.21 bits per heavy atom. The number of nitrogens with two attached hydrogens (primary N) is 1. The molecule has 1 nitrogen and oxygen atoms in total. The van der Waals surface area contributed by atoms with Crippen molar-refractivity contribution < 1.29 is 0 Å². The zero-order chi connectivity index (χ0) is 13.6. The van der Waals surface area contributed by atoms with Gasteiger partial charge in [-0.25, -0.2) is 0 Å². The van der Waals surface area contributed by atoms with E-state index in [2.05, 4.69) is 60.1 Å². The highest BCUT2D eigenvalue weighted by Gasteiger charge is 2.28. The molecule has 0 saturated heterocycles. The molecule has 1 aliphatic rings. The van der Waals surface area contributed by atoms with E-state index in [1.54, 1.807) is 0 Å². The summed E-state index contributed by atoms with van der Waals surface area (Å²) in [6, 6.07) is 11.0. The Balaban J connectivity index is 2.26. The van der Waals surface area contributed by atoms with E-state index < -0.39 is 0 Å². The van der Waals surface area contributed by atoms with Gasteiger partial charge in [-0.3, -0.25) is 0 Å². The highest BCUT2D eigenvalue weighted by atomic mass is 79.9. The summed E-state index contributed by atoms with van der Waals surface area (Å²) in [7, 11) is 0. The second-order valence-electron chi connectivity index (χ2n) is 6.45. The Labute approximate surface area is 123 Å². The molecule has 2 aromatic rings. The maximum atomic E-state index is 6.46. The largest absolute Gasteiger partial charge is 0.324 e. The maximum absolute atomic E-state index is 6.46. The van der Waals surface area contributed by atoms with Gasteiger partial charge in [0, 0.05) is 10.5 Å². The topological polar surface area (TPSA) is 26.0 Å². The van der Waals surface area contributed by atoms with E-state index >= 15 is 0 Å². The molecule has 100 valence electrons. The van der Waals surface area contributed by atoms with Gasteiger partial charge in [0.25, 0.3) is 0 Å². The van der Waals surface area contributed by atoms with Gasteiger partial charge in [0.15, 0.2) is 0 Å². The van der Waals surface area contributed by atoms with Gasteiger partial charge in [-0.05, 0) is 52.6 Å². The minimum absolute atomic E-state index is 0.147. The predicted octanol–water partition coefficient (Wildman–Crippen LogP) is 4.96. The fourth-order valence-electron chi connectivity index (χ4n) is 3.29. The van der Waals surface area contributed by atoms with Crippen molar-refractivity contribution in [3.8, 4) is 0 Å². The van der Waals surface area contributed by atoms with Crippen LogP contribution in [0.1, 0.15) is 43.9 Å². The van der Waals surface area contributed by atoms with E-state index in [0.717, 1.165) is 17.3 Å². The summed E-state index contributed by atoms with van der Waals surface area (Å²) in [6.45, 7) is 4.66. The number of hydrogen-bond donors (Lipinski definition) is 1. The molecule has 0 radical (unpaired) electrons. The van der Waals surface area contributed by atoms with Gasteiger partial charge in [-0.1, -0.05) is 54.0 Å². The molecule has 0 saturated carbocycles. The van der Waals surface area contributed by atoms with Crippen LogP contribution >= 0.6 is 15.9 Å². The van der Waals surface area contributed by atoms with Crippen LogP contribution in [0.4, 0.5) is 0 Å². The van der Waals surface area contributed by atoms with Crippen LogP contribution in [0.25, 0.3) is 10.8 Å². The van der Waals surface area contributed by atoms with E-state index in [1.165, 1.54) is 28.3 Å². The molecule has 0 amide bonds. The molecule has 0 spiro atoms. The quantitative estimate of drug-likeness (QED) is 0.682. The van der Waals surface area contributed by atoms with Crippen molar-refractivity contribution in [2.75, 3.05) is 0 Å². The van der Waals surface area contributed by atoms with Crippen molar-refractivity contribution in [3.05, 3.63) is 45.9 Å². The molecule has 19 heavy (non-hydrogen) atoms. The molecular weight excluding hydrogens is 298 g/mol. The Kier molecular flexibility index (Phi) is 3.18. The molecule has 0 fully saturated rings. The summed E-state index contributed by atoms with van der Waals surface area (Å²) in [5, 5.41) is 2.66. The fraction of sp³-hybridized carbons (Fsp3) is 0.412. The minimum Gasteiger partial charge on any atom is -0.324 e. The summed E-state index contributed by atoms with van der Waals surface area (Å²) in [6.07, 6.45) is 3.40. The first-order valence-corrected chi connectivity index (χ1v) is 7.73. The molecule has 3 rings (SSSR count). The lowest BCUT2D eigenvalue weighted by atomic mass is 9.83. The first-order valence-electron chi connectivity index (χ1n) is 6.93. The van der Waals surface area contributed by atoms with Gasteiger partial charge in [0.05, 0.1) is 0 Å². The van der Waals surface area contributed by atoms with Crippen molar-refractivity contribution in [1.82, 2.24) is 0 Å². The van der Waals surface area contributed by atoms with Gasteiger partial charge in [-0.15, -0.1) is 0 Å². The molecule has 2 aromatic carbocycles. The summed E-state index contributed by atoms with van der Waals surface area (Å²) in [4.78, 5) is 0. The highest BCUT2D eigenvalue weighted by Crippen LogP contribution is 2.42. The second-order valence-corrected chi connectivity index (χ2v) is 7.30. The average molecular weight is 318 g/mol. The van der Waals surface area contributed by atoms with Crippen molar-refractivity contribution in [2.24, 2.45) is 11.1 Å². The molecule has 0 aliphatic heterocycles. The van der Waals surface area contributed by atoms with E-state index in [4.69, 9.17) is 5.73 Å². The number of halogens is 1. The maximum Gasteiger partial charge on any atom is 0.0303 e. The molecular formula is C17H20BrN. The Morgan fingerprint density at radius 2 is 1.89 bits per heavy atom. The zero-order valence-corrected chi connectivity index (χ0v) is 13.1. The van der Waals surface area contributed by atoms with E-state index in [-0.39, 0.29) is 6.04 Å². The monoisotopic (exact) mass is 317 g/mol. The summed E-state index contributed by atoms with van der Waals surface area (Å²) in [5.74, 6) is 0. The van der Waals surface area contributed by atoms with Crippen LogP contribution in [0, 0.1) is 5.41 Å². The first kappa shape index (κ1) is 13.1. The number of benzene rings is 2. The molecule has 0 bridgehead atoms. The van der Waals surface area contributed by atoms with Gasteiger partial charge in [0.2, 0.25) is 0 Å². The molecule has 1 aliphatic carbocycles. The highest BCUT2D eigenvalue weighted by molar-refractivity contribution is 9.10. The van der Waals surface area contributed by atoms with Crippen LogP contribution < -0.4 is 5.73 Å². The summed E-state index contributed by atoms with van der Waals surface area (Å²) < 4.78 is 1.16. The van der Waals surface area contributed by atoms with Crippen LogP contribution in [0.2, 0.25) is 0 Å². The van der Waals surface area contributed by atoms with E-state index in [0.29, 0.717) is 5.41 Å². The standard InChI is InChI=1S/C17H20BrN/c1-17(2)8-7-12-11-5-3-4-6-13(11)15(18)9-14(12)16(19)10-17/h3-6,9,16H,7-8,10,19H2,1-2H3. The molecule has 1 unspecified atom stereocenters. The lowest BCUT2D eigenvalue weighted by molar-refractivity contribution is 0.294. The van der Waals surface area contributed by atoms with Gasteiger partial charge in [-0.2, -0.15) is 0 Å². The van der Waals surface area contributed by atoms with Gasteiger partial charge >= 0.3 is 0 Å². The van der Waals surface area contributed by atoms with Crippen LogP contribution in [0.5, 0.6) is 0 Å². The van der Waals surface area contributed by atoms with Gasteiger partial charge in [0.1, 0.15) is 0 Å². The lowest BCUT2D eigenvalue weighted by Crippen LogP contribution is -2.19. The Hall–Kier alpha value is -0.860. The Bertz CT molecular complexity index is 630. The number of aryl methyl sites for hydroxylation is 1. The van der Waals surface area contributed by atoms with Crippen molar-refractivity contribution in [2.45, 2.75) is 39.2 Å². The minimum atomic E-state index is 0.147.